The second-order valence-electron chi connectivity index (χ2n) is 8.54. The summed E-state index contributed by atoms with van der Waals surface area (Å²) in [5.41, 5.74) is 0.891. The van der Waals surface area contributed by atoms with Crippen LogP contribution in [-0.2, 0) is 16.1 Å². The van der Waals surface area contributed by atoms with Gasteiger partial charge in [0.25, 0.3) is 0 Å². The fourth-order valence-electron chi connectivity index (χ4n) is 4.35. The van der Waals surface area contributed by atoms with Crippen LogP contribution >= 0.6 is 11.6 Å². The van der Waals surface area contributed by atoms with Crippen molar-refractivity contribution in [3.63, 3.8) is 0 Å². The molecule has 2 aliphatic heterocycles. The molecule has 2 amide bonds. The highest BCUT2D eigenvalue weighted by Crippen LogP contribution is 2.31. The Hall–Kier alpha value is -4.06. The van der Waals surface area contributed by atoms with Gasteiger partial charge in [0, 0.05) is 51.1 Å². The van der Waals surface area contributed by atoms with Gasteiger partial charge < -0.3 is 29.3 Å². The fourth-order valence-corrected chi connectivity index (χ4v) is 4.52. The van der Waals surface area contributed by atoms with Gasteiger partial charge in [-0.25, -0.2) is 14.8 Å². The number of carbonyl (C=O) groups is 2. The molecular formula is C24H26ClN7O5. The number of nitrogens with zero attached hydrogens (tertiary/aromatic N) is 6. The summed E-state index contributed by atoms with van der Waals surface area (Å²) >= 11 is 6.31. The lowest BCUT2D eigenvalue weighted by atomic mass is 10.1. The maximum absolute atomic E-state index is 13.0. The third kappa shape index (κ3) is 5.69. The molecule has 1 fully saturated rings. The Balaban J connectivity index is 1.31. The van der Waals surface area contributed by atoms with Crippen LogP contribution in [0.15, 0.2) is 43.0 Å². The highest BCUT2D eigenvalue weighted by molar-refractivity contribution is 6.29. The zero-order valence-corrected chi connectivity index (χ0v) is 20.9. The van der Waals surface area contributed by atoms with Gasteiger partial charge in [0.1, 0.15) is 30.5 Å². The lowest BCUT2D eigenvalue weighted by molar-refractivity contribution is -0.121. The van der Waals surface area contributed by atoms with Crippen molar-refractivity contribution in [3.05, 3.63) is 53.7 Å². The van der Waals surface area contributed by atoms with Crippen LogP contribution in [0.4, 0.5) is 10.6 Å². The Morgan fingerprint density at radius 2 is 2.00 bits per heavy atom. The van der Waals surface area contributed by atoms with E-state index in [1.165, 1.54) is 7.11 Å². The normalized spacial score (nSPS) is 16.9. The molecule has 1 atom stereocenters. The van der Waals surface area contributed by atoms with E-state index in [-0.39, 0.29) is 30.1 Å². The van der Waals surface area contributed by atoms with E-state index in [4.69, 9.17) is 25.8 Å². The minimum atomic E-state index is -0.443. The summed E-state index contributed by atoms with van der Waals surface area (Å²) in [5, 5.41) is 3.22. The summed E-state index contributed by atoms with van der Waals surface area (Å²) in [6, 6.07) is 6.87. The number of aromatic nitrogens is 4. The number of imidazole rings is 1. The number of benzene rings is 1. The number of ether oxygens (including phenoxy) is 3. The number of fused-ring (bicyclic) bond motifs is 1. The number of anilines is 1. The van der Waals surface area contributed by atoms with Crippen LogP contribution in [0.2, 0.25) is 5.15 Å². The van der Waals surface area contributed by atoms with Crippen LogP contribution in [0.5, 0.6) is 11.5 Å². The third-order valence-corrected chi connectivity index (χ3v) is 6.33. The number of piperazine rings is 1. The smallest absolute Gasteiger partial charge is 0.409 e. The van der Waals surface area contributed by atoms with Gasteiger partial charge >= 0.3 is 6.09 Å². The van der Waals surface area contributed by atoms with Crippen LogP contribution < -0.4 is 19.7 Å². The van der Waals surface area contributed by atoms with Crippen molar-refractivity contribution in [2.75, 3.05) is 44.9 Å². The van der Waals surface area contributed by atoms with E-state index < -0.39 is 6.09 Å². The molecule has 3 aromatic rings. The first-order valence-corrected chi connectivity index (χ1v) is 12.2. The number of rotatable bonds is 6. The summed E-state index contributed by atoms with van der Waals surface area (Å²) in [6.45, 7) is 2.46. The molecule has 2 aromatic heterocycles. The van der Waals surface area contributed by atoms with E-state index in [2.05, 4.69) is 20.3 Å². The summed E-state index contributed by atoms with van der Waals surface area (Å²) in [5.74, 6) is 2.10. The zero-order chi connectivity index (χ0) is 25.8. The van der Waals surface area contributed by atoms with Gasteiger partial charge in [-0.1, -0.05) is 17.7 Å². The lowest BCUT2D eigenvalue weighted by Gasteiger charge is -2.41. The van der Waals surface area contributed by atoms with Crippen molar-refractivity contribution in [2.24, 2.45) is 0 Å². The molecule has 4 heterocycles. The molecule has 5 rings (SSSR count). The van der Waals surface area contributed by atoms with E-state index in [0.29, 0.717) is 56.1 Å². The first-order chi connectivity index (χ1) is 18.0. The van der Waals surface area contributed by atoms with E-state index in [0.717, 1.165) is 5.56 Å². The number of hydrogen-bond donors (Lipinski definition) is 1. The van der Waals surface area contributed by atoms with E-state index >= 15 is 0 Å². The molecule has 37 heavy (non-hydrogen) atoms. The summed E-state index contributed by atoms with van der Waals surface area (Å²) in [7, 11) is 1.34. The van der Waals surface area contributed by atoms with Crippen LogP contribution in [-0.4, -0.2) is 82.4 Å². The Labute approximate surface area is 218 Å². The number of halogens is 1. The first-order valence-electron chi connectivity index (χ1n) is 11.8. The van der Waals surface area contributed by atoms with E-state index in [1.807, 2.05) is 23.1 Å². The number of nitrogens with one attached hydrogen (secondary N) is 1. The van der Waals surface area contributed by atoms with Crippen molar-refractivity contribution in [1.29, 1.82) is 0 Å². The average Bonchev–Trinajstić information content (AvgIpc) is 3.46. The van der Waals surface area contributed by atoms with Crippen LogP contribution in [0.25, 0.3) is 5.95 Å². The van der Waals surface area contributed by atoms with E-state index in [9.17, 15) is 9.59 Å². The molecule has 1 unspecified atom stereocenters. The Morgan fingerprint density at radius 3 is 2.78 bits per heavy atom. The predicted molar refractivity (Wildman–Crippen MR) is 133 cm³/mol. The molecule has 12 nitrogen and oxygen atoms in total. The maximum atomic E-state index is 13.0. The number of methoxy groups -OCH3 is 1. The van der Waals surface area contributed by atoms with Crippen LogP contribution in [0.1, 0.15) is 12.0 Å². The van der Waals surface area contributed by atoms with Crippen molar-refractivity contribution in [2.45, 2.75) is 19.0 Å². The topological polar surface area (TPSA) is 124 Å². The van der Waals surface area contributed by atoms with Gasteiger partial charge in [0.05, 0.1) is 13.2 Å². The number of hydrogen-bond acceptors (Lipinski definition) is 9. The maximum Gasteiger partial charge on any atom is 0.409 e. The molecule has 0 spiro atoms. The third-order valence-electron chi connectivity index (χ3n) is 6.13. The van der Waals surface area contributed by atoms with Crippen molar-refractivity contribution in [3.8, 4) is 17.4 Å². The second kappa shape index (κ2) is 10.9. The zero-order valence-electron chi connectivity index (χ0n) is 20.2. The van der Waals surface area contributed by atoms with Gasteiger partial charge in [-0.2, -0.15) is 4.98 Å². The van der Waals surface area contributed by atoms with Crippen molar-refractivity contribution < 1.29 is 23.8 Å². The summed E-state index contributed by atoms with van der Waals surface area (Å²) in [4.78, 5) is 41.8. The Kier molecular flexibility index (Phi) is 7.26. The SMILES string of the molecule is COC(=O)N1CCN(c2cc(Cl)nc(-n3ccnc3)n2)C(CC(=O)NCc2ccc3c(c2)OCCO3)C1. The molecule has 1 N–H and O–H groups in total. The number of carbonyl (C=O) groups excluding carboxylic acids is 2. The molecule has 0 bridgehead atoms. The Morgan fingerprint density at radius 1 is 1.16 bits per heavy atom. The Bertz CT molecular complexity index is 1270. The molecule has 0 aliphatic carbocycles. The summed E-state index contributed by atoms with van der Waals surface area (Å²) < 4.78 is 17.7. The van der Waals surface area contributed by atoms with Crippen LogP contribution in [0, 0.1) is 0 Å². The monoisotopic (exact) mass is 527 g/mol. The quantitative estimate of drug-likeness (QED) is 0.479. The minimum Gasteiger partial charge on any atom is -0.486 e. The highest BCUT2D eigenvalue weighted by atomic mass is 35.5. The fraction of sp³-hybridized carbons (Fsp3) is 0.375. The molecule has 13 heteroatoms. The second-order valence-corrected chi connectivity index (χ2v) is 8.93. The molecule has 0 radical (unpaired) electrons. The van der Waals surface area contributed by atoms with Crippen LogP contribution in [0.3, 0.4) is 0 Å². The molecule has 2 aliphatic rings. The van der Waals surface area contributed by atoms with Crippen molar-refractivity contribution in [1.82, 2.24) is 29.7 Å². The largest absolute Gasteiger partial charge is 0.486 e. The van der Waals surface area contributed by atoms with Gasteiger partial charge in [-0.3, -0.25) is 9.36 Å². The van der Waals surface area contributed by atoms with Gasteiger partial charge in [-0.15, -0.1) is 0 Å². The molecule has 1 aromatic carbocycles. The predicted octanol–water partition coefficient (Wildman–Crippen LogP) is 2.05. The summed E-state index contributed by atoms with van der Waals surface area (Å²) in [6.07, 6.45) is 4.59. The highest BCUT2D eigenvalue weighted by Gasteiger charge is 2.33. The van der Waals surface area contributed by atoms with Gasteiger partial charge in [-0.05, 0) is 17.7 Å². The number of amides is 2. The standard InChI is InChI=1S/C24H26ClN7O5/c1-35-24(34)30-6-7-32(21-12-20(25)28-23(29-21)31-5-4-26-15-31)17(14-30)11-22(33)27-13-16-2-3-18-19(10-16)37-9-8-36-18/h2-5,10,12,15,17H,6-9,11,13-14H2,1H3,(H,27,33). The molecular weight excluding hydrogens is 502 g/mol. The average molecular weight is 528 g/mol. The van der Waals surface area contributed by atoms with Gasteiger partial charge in [0.15, 0.2) is 11.5 Å². The molecule has 1 saturated heterocycles. The first kappa shape index (κ1) is 24.6. The minimum absolute atomic E-state index is 0.125. The lowest BCUT2D eigenvalue weighted by Crippen LogP contribution is -2.56. The van der Waals surface area contributed by atoms with Gasteiger partial charge in [0.2, 0.25) is 11.9 Å². The van der Waals surface area contributed by atoms with E-state index in [1.54, 1.807) is 34.3 Å². The van der Waals surface area contributed by atoms with Crippen molar-refractivity contribution >= 4 is 29.4 Å². The molecule has 0 saturated carbocycles. The molecule has 194 valence electrons.